The maximum absolute atomic E-state index is 13.5. The molecule has 0 unspecified atom stereocenters. The standard InChI is InChI=1S/C13H14ClFN2O3/c1-6-4-17(5-9(6)13(19)20)12(18)8-2-7(14)3-10(15)11(8)16/h2-3,6,9H,4-5,16H2,1H3,(H,19,20)/t6-,9-/m1/s1. The normalized spacial score (nSPS) is 22.1. The highest BCUT2D eigenvalue weighted by atomic mass is 35.5. The van der Waals surface area contributed by atoms with Gasteiger partial charge in [0.15, 0.2) is 0 Å². The minimum Gasteiger partial charge on any atom is -0.481 e. The molecule has 1 saturated heterocycles. The summed E-state index contributed by atoms with van der Waals surface area (Å²) in [6.45, 7) is 2.14. The fourth-order valence-corrected chi connectivity index (χ4v) is 2.59. The van der Waals surface area contributed by atoms with Crippen LogP contribution in [0.4, 0.5) is 10.1 Å². The molecule has 0 bridgehead atoms. The number of aliphatic carboxylic acids is 1. The predicted molar refractivity (Wildman–Crippen MR) is 72.0 cm³/mol. The number of carbonyl (C=O) groups is 2. The highest BCUT2D eigenvalue weighted by Gasteiger charge is 2.37. The zero-order valence-corrected chi connectivity index (χ0v) is 11.5. The van der Waals surface area contributed by atoms with Crippen LogP contribution in [-0.4, -0.2) is 35.0 Å². The second-order valence-electron chi connectivity index (χ2n) is 4.98. The Morgan fingerprint density at radius 1 is 1.45 bits per heavy atom. The monoisotopic (exact) mass is 300 g/mol. The molecule has 0 aromatic heterocycles. The van der Waals surface area contributed by atoms with Gasteiger partial charge in [0, 0.05) is 18.1 Å². The van der Waals surface area contributed by atoms with Crippen molar-refractivity contribution >= 4 is 29.2 Å². The van der Waals surface area contributed by atoms with Crippen LogP contribution >= 0.6 is 11.6 Å². The van der Waals surface area contributed by atoms with Crippen LogP contribution in [0, 0.1) is 17.7 Å². The van der Waals surface area contributed by atoms with Gasteiger partial charge in [-0.1, -0.05) is 18.5 Å². The van der Waals surface area contributed by atoms with Crippen LogP contribution in [0.25, 0.3) is 0 Å². The van der Waals surface area contributed by atoms with Gasteiger partial charge in [0.25, 0.3) is 5.91 Å². The molecule has 108 valence electrons. The first-order chi connectivity index (χ1) is 9.31. The highest BCUT2D eigenvalue weighted by Crippen LogP contribution is 2.28. The third-order valence-corrected chi connectivity index (χ3v) is 3.76. The van der Waals surface area contributed by atoms with Gasteiger partial charge >= 0.3 is 5.97 Å². The van der Waals surface area contributed by atoms with Crippen molar-refractivity contribution in [3.8, 4) is 0 Å². The van der Waals surface area contributed by atoms with Gasteiger partial charge in [-0.15, -0.1) is 0 Å². The summed E-state index contributed by atoms with van der Waals surface area (Å²) in [6.07, 6.45) is 0. The van der Waals surface area contributed by atoms with E-state index in [1.165, 1.54) is 11.0 Å². The molecule has 1 aromatic carbocycles. The molecule has 1 aliphatic rings. The molecule has 0 spiro atoms. The van der Waals surface area contributed by atoms with Crippen molar-refractivity contribution in [2.24, 2.45) is 11.8 Å². The lowest BCUT2D eigenvalue weighted by Gasteiger charge is -2.17. The van der Waals surface area contributed by atoms with Crippen molar-refractivity contribution in [1.29, 1.82) is 0 Å². The molecule has 2 rings (SSSR count). The number of hydrogen-bond acceptors (Lipinski definition) is 3. The van der Waals surface area contributed by atoms with Crippen LogP contribution in [0.2, 0.25) is 5.02 Å². The first kappa shape index (κ1) is 14.6. The van der Waals surface area contributed by atoms with Gasteiger partial charge in [0.05, 0.1) is 17.2 Å². The minimum absolute atomic E-state index is 0.0340. The van der Waals surface area contributed by atoms with Gasteiger partial charge in [0.2, 0.25) is 0 Å². The molecular weight excluding hydrogens is 287 g/mol. The first-order valence-corrected chi connectivity index (χ1v) is 6.45. The third kappa shape index (κ3) is 2.56. The molecule has 20 heavy (non-hydrogen) atoms. The second kappa shape index (κ2) is 5.28. The van der Waals surface area contributed by atoms with Crippen LogP contribution in [-0.2, 0) is 4.79 Å². The van der Waals surface area contributed by atoms with Crippen molar-refractivity contribution in [3.05, 3.63) is 28.5 Å². The average Bonchev–Trinajstić information content (AvgIpc) is 2.75. The zero-order chi connectivity index (χ0) is 15.0. The summed E-state index contributed by atoms with van der Waals surface area (Å²) < 4.78 is 13.5. The maximum Gasteiger partial charge on any atom is 0.308 e. The van der Waals surface area contributed by atoms with Crippen molar-refractivity contribution in [2.75, 3.05) is 18.8 Å². The lowest BCUT2D eigenvalue weighted by Crippen LogP contribution is -2.30. The first-order valence-electron chi connectivity index (χ1n) is 6.08. The summed E-state index contributed by atoms with van der Waals surface area (Å²) in [5, 5.41) is 9.12. The van der Waals surface area contributed by atoms with Crippen molar-refractivity contribution < 1.29 is 19.1 Å². The molecule has 0 saturated carbocycles. The number of carboxylic acid groups (broad SMARTS) is 1. The van der Waals surface area contributed by atoms with E-state index in [4.69, 9.17) is 22.4 Å². The summed E-state index contributed by atoms with van der Waals surface area (Å²) >= 11 is 5.72. The lowest BCUT2D eigenvalue weighted by atomic mass is 9.99. The molecule has 1 aliphatic heterocycles. The Morgan fingerprint density at radius 3 is 2.65 bits per heavy atom. The summed E-state index contributed by atoms with van der Waals surface area (Å²) in [6, 6.07) is 2.32. The van der Waals surface area contributed by atoms with E-state index < -0.39 is 23.6 Å². The van der Waals surface area contributed by atoms with E-state index >= 15 is 0 Å². The van der Waals surface area contributed by atoms with E-state index in [2.05, 4.69) is 0 Å². The van der Waals surface area contributed by atoms with Crippen LogP contribution in [0.15, 0.2) is 12.1 Å². The minimum atomic E-state index is -0.946. The van der Waals surface area contributed by atoms with E-state index in [-0.39, 0.29) is 28.7 Å². The Kier molecular flexibility index (Phi) is 3.85. The van der Waals surface area contributed by atoms with Gasteiger partial charge < -0.3 is 15.7 Å². The number of halogens is 2. The summed E-state index contributed by atoms with van der Waals surface area (Å²) in [7, 11) is 0. The van der Waals surface area contributed by atoms with Gasteiger partial charge in [-0.3, -0.25) is 9.59 Å². The third-order valence-electron chi connectivity index (χ3n) is 3.54. The number of nitrogens with two attached hydrogens (primary N) is 1. The molecule has 2 atom stereocenters. The number of nitrogen functional groups attached to an aromatic ring is 1. The smallest absolute Gasteiger partial charge is 0.308 e. The van der Waals surface area contributed by atoms with Crippen LogP contribution in [0.5, 0.6) is 0 Å². The molecule has 7 heteroatoms. The van der Waals surface area contributed by atoms with E-state index in [1.807, 2.05) is 0 Å². The predicted octanol–water partition coefficient (Wildman–Crippen LogP) is 1.85. The largest absolute Gasteiger partial charge is 0.481 e. The van der Waals surface area contributed by atoms with E-state index in [9.17, 15) is 14.0 Å². The lowest BCUT2D eigenvalue weighted by molar-refractivity contribution is -0.142. The molecule has 1 fully saturated rings. The van der Waals surface area contributed by atoms with Gasteiger partial charge in [-0.25, -0.2) is 4.39 Å². The Balaban J connectivity index is 2.28. The quantitative estimate of drug-likeness (QED) is 0.817. The number of anilines is 1. The van der Waals surface area contributed by atoms with Crippen molar-refractivity contribution in [1.82, 2.24) is 4.90 Å². The second-order valence-corrected chi connectivity index (χ2v) is 5.42. The van der Waals surface area contributed by atoms with Gasteiger partial charge in [-0.05, 0) is 18.1 Å². The number of carbonyl (C=O) groups excluding carboxylic acids is 1. The summed E-state index contributed by atoms with van der Waals surface area (Å²) in [4.78, 5) is 24.7. The summed E-state index contributed by atoms with van der Waals surface area (Å²) in [5.41, 5.74) is 5.25. The Morgan fingerprint density at radius 2 is 2.10 bits per heavy atom. The number of rotatable bonds is 2. The molecule has 1 aromatic rings. The van der Waals surface area contributed by atoms with Gasteiger partial charge in [-0.2, -0.15) is 0 Å². The number of nitrogens with zero attached hydrogens (tertiary/aromatic N) is 1. The molecule has 0 aliphatic carbocycles. The molecule has 1 amide bonds. The molecule has 1 heterocycles. The van der Waals surface area contributed by atoms with E-state index in [0.29, 0.717) is 6.54 Å². The van der Waals surface area contributed by atoms with Crippen LogP contribution in [0.3, 0.4) is 0 Å². The zero-order valence-electron chi connectivity index (χ0n) is 10.8. The number of amides is 1. The molecule has 5 nitrogen and oxygen atoms in total. The highest BCUT2D eigenvalue weighted by molar-refractivity contribution is 6.31. The van der Waals surface area contributed by atoms with Crippen molar-refractivity contribution in [3.63, 3.8) is 0 Å². The molecule has 3 N–H and O–H groups in total. The number of carboxylic acids is 1. The number of likely N-dealkylation sites (tertiary alicyclic amines) is 1. The summed E-state index contributed by atoms with van der Waals surface area (Å²) in [5.74, 6) is -2.99. The SMILES string of the molecule is C[C@@H]1CN(C(=O)c2cc(Cl)cc(F)c2N)C[C@H]1C(=O)O. The fraction of sp³-hybridized carbons (Fsp3) is 0.385. The van der Waals surface area contributed by atoms with Crippen LogP contribution in [0.1, 0.15) is 17.3 Å². The van der Waals surface area contributed by atoms with E-state index in [1.54, 1.807) is 6.92 Å². The molecule has 0 radical (unpaired) electrons. The van der Waals surface area contributed by atoms with Crippen LogP contribution < -0.4 is 5.73 Å². The van der Waals surface area contributed by atoms with Gasteiger partial charge in [0.1, 0.15) is 5.82 Å². The Hall–Kier alpha value is -1.82. The Labute approximate surface area is 120 Å². The fourth-order valence-electron chi connectivity index (χ4n) is 2.39. The maximum atomic E-state index is 13.5. The molecular formula is C13H14ClFN2O3. The van der Waals surface area contributed by atoms with E-state index in [0.717, 1.165) is 6.07 Å². The number of hydrogen-bond donors (Lipinski definition) is 2. The topological polar surface area (TPSA) is 83.6 Å². The van der Waals surface area contributed by atoms with Crippen molar-refractivity contribution in [2.45, 2.75) is 6.92 Å². The average molecular weight is 301 g/mol. The number of benzene rings is 1. The Bertz CT molecular complexity index is 579.